The summed E-state index contributed by atoms with van der Waals surface area (Å²) in [5, 5.41) is 4.92. The van der Waals surface area contributed by atoms with Gasteiger partial charge in [0.25, 0.3) is 0 Å². The standard InChI is InChI=1S/C4H9BO2.4C2H5.2Al/c1-2-3-4-5(6)7;4*1-2;;/h2-4H2,1H3;4*1H2,2H3;;/q-2;;;;;2*+1. The highest BCUT2D eigenvalue weighted by Gasteiger charge is 2.28. The van der Waals surface area contributed by atoms with Crippen molar-refractivity contribution in [1.82, 2.24) is 0 Å². The van der Waals surface area contributed by atoms with Gasteiger partial charge in [-0.1, -0.05) is 68.6 Å². The summed E-state index contributed by atoms with van der Waals surface area (Å²) in [6, 6.07) is 0. The van der Waals surface area contributed by atoms with Crippen molar-refractivity contribution < 1.29 is 7.41 Å². The van der Waals surface area contributed by atoms with Gasteiger partial charge in [0.15, 0.2) is 0 Å². The molecule has 0 aliphatic rings. The number of unbranched alkanes of at least 4 members (excludes halogenated alkanes) is 1. The van der Waals surface area contributed by atoms with Gasteiger partial charge in [0, 0.05) is 0 Å². The van der Waals surface area contributed by atoms with Gasteiger partial charge in [0.1, 0.15) is 0 Å². The van der Waals surface area contributed by atoms with E-state index in [1.165, 1.54) is 34.0 Å². The van der Waals surface area contributed by atoms with E-state index in [0.717, 1.165) is 6.32 Å². The molecule has 0 saturated carbocycles. The summed E-state index contributed by atoms with van der Waals surface area (Å²) in [6.07, 6.45) is 3.56. The predicted octanol–water partition coefficient (Wildman–Crippen LogP) is 4.37. The molecule has 0 aliphatic heterocycles. The predicted molar refractivity (Wildman–Crippen MR) is 81.1 cm³/mol. The third-order valence-corrected chi connectivity index (χ3v) is 8.32. The maximum atomic E-state index is 6.24. The normalized spacial score (nSPS) is 10.4. The van der Waals surface area contributed by atoms with E-state index in [4.69, 9.17) is 7.41 Å². The molecular weight excluding hydrogens is 241 g/mol. The fourth-order valence-corrected chi connectivity index (χ4v) is 5.24. The number of hydrogen-bond acceptors (Lipinski definition) is 2. The van der Waals surface area contributed by atoms with Crippen LogP contribution < -0.4 is 0 Å². The minimum atomic E-state index is -0.976. The Morgan fingerprint density at radius 2 is 1.18 bits per heavy atom. The van der Waals surface area contributed by atoms with Gasteiger partial charge in [-0.3, -0.25) is 0 Å². The average molecular weight is 270 g/mol. The van der Waals surface area contributed by atoms with Crippen molar-refractivity contribution >= 4 is 36.1 Å². The van der Waals surface area contributed by atoms with E-state index < -0.39 is 29.0 Å². The van der Waals surface area contributed by atoms with Crippen LogP contribution in [0.1, 0.15) is 47.5 Å². The average Bonchev–Trinajstić information content (AvgIpc) is 2.38. The van der Waals surface area contributed by atoms with Gasteiger partial charge in [-0.05, 0) is 6.32 Å². The molecule has 5 heteroatoms. The summed E-state index contributed by atoms with van der Waals surface area (Å²) in [4.78, 5) is 0. The summed E-state index contributed by atoms with van der Waals surface area (Å²) in [6.45, 7) is 11.3. The van der Waals surface area contributed by atoms with Gasteiger partial charge in [-0.2, -0.15) is 0 Å². The Morgan fingerprint density at radius 1 is 0.765 bits per heavy atom. The molecule has 0 aromatic carbocycles. The van der Waals surface area contributed by atoms with Gasteiger partial charge in [-0.25, -0.2) is 0 Å². The van der Waals surface area contributed by atoms with Crippen molar-refractivity contribution in [1.29, 1.82) is 0 Å². The summed E-state index contributed by atoms with van der Waals surface area (Å²) in [5.41, 5.74) is 0. The van der Waals surface area contributed by atoms with Crippen LogP contribution in [0.5, 0.6) is 0 Å². The van der Waals surface area contributed by atoms with Gasteiger partial charge in [0.2, 0.25) is 0 Å². The van der Waals surface area contributed by atoms with E-state index in [9.17, 15) is 0 Å². The SMILES string of the molecule is CCCCB([O][Al]([CH2]C)[CH2]C)[O][Al]([CH2]C)[CH2]C. The molecule has 0 heterocycles. The third kappa shape index (κ3) is 8.72. The molecule has 98 valence electrons. The molecule has 0 aromatic rings. The number of hydrogen-bond donors (Lipinski definition) is 0. The van der Waals surface area contributed by atoms with Gasteiger partial charge >= 0.3 is 36.1 Å². The molecule has 0 radical (unpaired) electrons. The summed E-state index contributed by atoms with van der Waals surface area (Å²) in [7, 11) is 0.128. The van der Waals surface area contributed by atoms with E-state index >= 15 is 0 Å². The topological polar surface area (TPSA) is 18.5 Å². The molecule has 0 saturated heterocycles. The lowest BCUT2D eigenvalue weighted by Crippen LogP contribution is -2.35. The van der Waals surface area contributed by atoms with E-state index in [2.05, 4.69) is 34.6 Å². The van der Waals surface area contributed by atoms with Crippen LogP contribution in [0.4, 0.5) is 0 Å². The molecule has 0 atom stereocenters. The van der Waals surface area contributed by atoms with Crippen molar-refractivity contribution in [2.75, 3.05) is 0 Å². The first-order valence-electron chi connectivity index (χ1n) is 7.52. The molecule has 0 bridgehead atoms. The molecule has 0 amide bonds. The van der Waals surface area contributed by atoms with Crippen LogP contribution in [0, 0.1) is 0 Å². The molecule has 0 rings (SSSR count). The lowest BCUT2D eigenvalue weighted by molar-refractivity contribution is 0.423. The Kier molecular flexibility index (Phi) is 12.9. The number of rotatable bonds is 11. The van der Waals surface area contributed by atoms with Crippen molar-refractivity contribution in [2.45, 2.75) is 74.9 Å². The lowest BCUT2D eigenvalue weighted by Gasteiger charge is -2.22. The first kappa shape index (κ1) is 18.0. The largest absolute Gasteiger partial charge is 0.545 e. The van der Waals surface area contributed by atoms with E-state index in [1.54, 1.807) is 0 Å². The molecule has 17 heavy (non-hydrogen) atoms. The van der Waals surface area contributed by atoms with Gasteiger partial charge in [0.05, 0.1) is 0 Å². The quantitative estimate of drug-likeness (QED) is 0.519. The van der Waals surface area contributed by atoms with Crippen LogP contribution in [0.15, 0.2) is 0 Å². The third-order valence-electron chi connectivity index (χ3n) is 3.30. The second kappa shape index (κ2) is 12.1. The van der Waals surface area contributed by atoms with Crippen molar-refractivity contribution in [2.24, 2.45) is 0 Å². The minimum absolute atomic E-state index is 0.128. The zero-order valence-corrected chi connectivity index (χ0v) is 14.8. The maximum absolute atomic E-state index is 6.24. The lowest BCUT2D eigenvalue weighted by atomic mass is 9.84. The van der Waals surface area contributed by atoms with Crippen LogP contribution in [-0.2, 0) is 7.41 Å². The highest BCUT2D eigenvalue weighted by molar-refractivity contribution is 6.68. The smallest absolute Gasteiger partial charge is 0.446 e. The Hall–Kier alpha value is 1.05. The second-order valence-electron chi connectivity index (χ2n) is 4.72. The van der Waals surface area contributed by atoms with E-state index in [0.29, 0.717) is 0 Å². The first-order chi connectivity index (χ1) is 8.21. The van der Waals surface area contributed by atoms with E-state index in [-0.39, 0.29) is 7.12 Å². The van der Waals surface area contributed by atoms with Crippen molar-refractivity contribution in [3.8, 4) is 0 Å². The summed E-state index contributed by atoms with van der Waals surface area (Å²) >= 11 is -1.95. The minimum Gasteiger partial charge on any atom is -0.545 e. The van der Waals surface area contributed by atoms with Crippen LogP contribution in [0.2, 0.25) is 27.5 Å². The Balaban J connectivity index is 4.19. The van der Waals surface area contributed by atoms with Crippen LogP contribution in [0.25, 0.3) is 0 Å². The molecular formula is C12H29Al2BO2. The molecule has 0 spiro atoms. The summed E-state index contributed by atoms with van der Waals surface area (Å²) in [5.74, 6) is 0. The van der Waals surface area contributed by atoms with Crippen LogP contribution >= 0.6 is 0 Å². The molecule has 0 aliphatic carbocycles. The first-order valence-corrected chi connectivity index (χ1v) is 11.7. The van der Waals surface area contributed by atoms with Crippen molar-refractivity contribution in [3.05, 3.63) is 0 Å². The van der Waals surface area contributed by atoms with Gasteiger partial charge in [-0.15, -0.1) is 0 Å². The molecule has 0 aromatic heterocycles. The Morgan fingerprint density at radius 3 is 1.47 bits per heavy atom. The molecule has 2 nitrogen and oxygen atoms in total. The maximum Gasteiger partial charge on any atom is 0.446 e. The van der Waals surface area contributed by atoms with Crippen LogP contribution in [0.3, 0.4) is 0 Å². The van der Waals surface area contributed by atoms with E-state index in [1.807, 2.05) is 0 Å². The molecule has 0 N–H and O–H groups in total. The Bertz CT molecular complexity index is 151. The van der Waals surface area contributed by atoms with Crippen molar-refractivity contribution in [3.63, 3.8) is 0 Å². The van der Waals surface area contributed by atoms with Crippen LogP contribution in [-0.4, -0.2) is 36.1 Å². The zero-order chi connectivity index (χ0) is 13.1. The highest BCUT2D eigenvalue weighted by atomic mass is 27.2. The monoisotopic (exact) mass is 270 g/mol. The molecule has 0 unspecified atom stereocenters. The fourth-order valence-electron chi connectivity index (χ4n) is 1.93. The fraction of sp³-hybridized carbons (Fsp3) is 1.00. The van der Waals surface area contributed by atoms with Gasteiger partial charge < -0.3 is 7.41 Å². The Labute approximate surface area is 118 Å². The molecule has 0 fully saturated rings. The summed E-state index contributed by atoms with van der Waals surface area (Å²) < 4.78 is 12.5. The highest BCUT2D eigenvalue weighted by Crippen LogP contribution is 2.13. The zero-order valence-electron chi connectivity index (χ0n) is 12.5. The second-order valence-corrected chi connectivity index (χ2v) is 11.0.